The smallest absolute Gasteiger partial charge is 0.269 e. The molecule has 28 heavy (non-hydrogen) atoms. The molecule has 0 aliphatic heterocycles. The third kappa shape index (κ3) is 5.91. The predicted octanol–water partition coefficient (Wildman–Crippen LogP) is 4.52. The van der Waals surface area contributed by atoms with Crippen LogP contribution in [0.2, 0.25) is 0 Å². The summed E-state index contributed by atoms with van der Waals surface area (Å²) in [5, 5.41) is 0. The number of hydrogen-bond acceptors (Lipinski definition) is 4. The second-order valence-corrected chi connectivity index (χ2v) is 6.51. The molecule has 1 amide bonds. The summed E-state index contributed by atoms with van der Waals surface area (Å²) in [7, 11) is 0. The number of amides is 1. The van der Waals surface area contributed by atoms with Gasteiger partial charge >= 0.3 is 0 Å². The van der Waals surface area contributed by atoms with Crippen LogP contribution < -0.4 is 20.3 Å². The molecule has 0 radical (unpaired) electrons. The Balaban J connectivity index is 1.46. The molecule has 2 N–H and O–H groups in total. The van der Waals surface area contributed by atoms with E-state index in [1.54, 1.807) is 12.1 Å². The lowest BCUT2D eigenvalue weighted by Crippen LogP contribution is -2.33. The van der Waals surface area contributed by atoms with Gasteiger partial charge in [-0.15, -0.1) is 0 Å². The van der Waals surface area contributed by atoms with E-state index in [-0.39, 0.29) is 5.91 Å². The van der Waals surface area contributed by atoms with Crippen molar-refractivity contribution in [3.63, 3.8) is 0 Å². The van der Waals surface area contributed by atoms with E-state index >= 15 is 0 Å². The molecule has 5 heteroatoms. The summed E-state index contributed by atoms with van der Waals surface area (Å²) in [6.45, 7) is 3.04. The summed E-state index contributed by atoms with van der Waals surface area (Å²) in [6, 6.07) is 14.9. The van der Waals surface area contributed by atoms with Crippen molar-refractivity contribution >= 4 is 5.91 Å². The number of rotatable bonds is 8. The Morgan fingerprint density at radius 1 is 1.00 bits per heavy atom. The minimum atomic E-state index is -0.165. The number of carbonyl (C=O) groups excluding carboxylic acids is 1. The molecule has 2 aromatic rings. The first kappa shape index (κ1) is 19.5. The lowest BCUT2D eigenvalue weighted by molar-refractivity contribution is 0.0941. The third-order valence-electron chi connectivity index (χ3n) is 4.40. The van der Waals surface area contributed by atoms with E-state index in [2.05, 4.69) is 23.0 Å². The lowest BCUT2D eigenvalue weighted by Gasteiger charge is -2.11. The van der Waals surface area contributed by atoms with Crippen molar-refractivity contribution < 1.29 is 14.3 Å². The molecule has 0 saturated carbocycles. The average molecular weight is 378 g/mol. The number of hydrogen-bond donors (Lipinski definition) is 2. The highest BCUT2D eigenvalue weighted by Crippen LogP contribution is 2.19. The normalized spacial score (nSPS) is 14.5. The van der Waals surface area contributed by atoms with E-state index in [9.17, 15) is 4.79 Å². The van der Waals surface area contributed by atoms with Crippen LogP contribution in [0.1, 0.15) is 42.1 Å². The fourth-order valence-electron chi connectivity index (χ4n) is 2.85. The molecule has 0 bridgehead atoms. The monoisotopic (exact) mass is 378 g/mol. The number of nitrogens with one attached hydrogen (secondary N) is 2. The van der Waals surface area contributed by atoms with Crippen LogP contribution in [0.15, 0.2) is 72.5 Å². The summed E-state index contributed by atoms with van der Waals surface area (Å²) >= 11 is 0. The molecule has 1 aliphatic rings. The quantitative estimate of drug-likeness (QED) is 0.524. The number of benzene rings is 2. The molecule has 2 aromatic carbocycles. The second-order valence-electron chi connectivity index (χ2n) is 6.51. The maximum Gasteiger partial charge on any atom is 0.269 e. The van der Waals surface area contributed by atoms with Crippen molar-refractivity contribution in [1.82, 2.24) is 10.9 Å². The topological polar surface area (TPSA) is 59.6 Å². The minimum absolute atomic E-state index is 0.165. The van der Waals surface area contributed by atoms with Gasteiger partial charge in [0.1, 0.15) is 18.1 Å². The molecule has 5 nitrogen and oxygen atoms in total. The van der Waals surface area contributed by atoms with Gasteiger partial charge in [0.25, 0.3) is 5.91 Å². The van der Waals surface area contributed by atoms with Gasteiger partial charge in [-0.3, -0.25) is 10.2 Å². The van der Waals surface area contributed by atoms with Crippen molar-refractivity contribution in [1.29, 1.82) is 0 Å². The molecule has 0 atom stereocenters. The van der Waals surface area contributed by atoms with Gasteiger partial charge in [-0.05, 0) is 73.7 Å². The first-order valence-electron chi connectivity index (χ1n) is 9.58. The average Bonchev–Trinajstić information content (AvgIpc) is 2.74. The van der Waals surface area contributed by atoms with Gasteiger partial charge in [0.05, 0.1) is 6.61 Å². The van der Waals surface area contributed by atoms with Crippen molar-refractivity contribution in [3.8, 4) is 11.5 Å². The van der Waals surface area contributed by atoms with Crippen molar-refractivity contribution in [2.75, 3.05) is 6.61 Å². The minimum Gasteiger partial charge on any atom is -0.494 e. The van der Waals surface area contributed by atoms with E-state index in [1.807, 2.05) is 49.5 Å². The maximum absolute atomic E-state index is 12.2. The highest BCUT2D eigenvalue weighted by molar-refractivity contribution is 5.93. The number of hydrazine groups is 1. The molecule has 0 unspecified atom stereocenters. The van der Waals surface area contributed by atoms with E-state index in [0.29, 0.717) is 18.8 Å². The molecule has 0 saturated heterocycles. The number of carbonyl (C=O) groups is 1. The second kappa shape index (κ2) is 10.2. The molecule has 1 aliphatic carbocycles. The summed E-state index contributed by atoms with van der Waals surface area (Å²) < 4.78 is 11.2. The Kier molecular flexibility index (Phi) is 7.13. The van der Waals surface area contributed by atoms with Crippen LogP contribution in [0.5, 0.6) is 11.5 Å². The zero-order valence-corrected chi connectivity index (χ0v) is 16.1. The Labute approximate surface area is 166 Å². The van der Waals surface area contributed by atoms with Crippen LogP contribution in [0.25, 0.3) is 0 Å². The molecule has 0 spiro atoms. The van der Waals surface area contributed by atoms with Crippen LogP contribution in [0, 0.1) is 0 Å². The maximum atomic E-state index is 12.2. The number of allylic oxidation sites excluding steroid dienone is 3. The molecule has 146 valence electrons. The highest BCUT2D eigenvalue weighted by Gasteiger charge is 2.05. The van der Waals surface area contributed by atoms with Gasteiger partial charge in [0, 0.05) is 11.8 Å². The Morgan fingerprint density at radius 3 is 2.36 bits per heavy atom. The fraction of sp³-hybridized carbons (Fsp3) is 0.261. The predicted molar refractivity (Wildman–Crippen MR) is 110 cm³/mol. The van der Waals surface area contributed by atoms with Crippen molar-refractivity contribution in [2.45, 2.75) is 32.8 Å². The third-order valence-corrected chi connectivity index (χ3v) is 4.40. The van der Waals surface area contributed by atoms with E-state index in [1.165, 1.54) is 5.57 Å². The summed E-state index contributed by atoms with van der Waals surface area (Å²) in [4.78, 5) is 12.2. The van der Waals surface area contributed by atoms with Gasteiger partial charge < -0.3 is 14.9 Å². The zero-order valence-electron chi connectivity index (χ0n) is 16.1. The largest absolute Gasteiger partial charge is 0.494 e. The molecule has 0 heterocycles. The van der Waals surface area contributed by atoms with Gasteiger partial charge in [-0.2, -0.15) is 0 Å². The van der Waals surface area contributed by atoms with Gasteiger partial charge in [-0.1, -0.05) is 24.3 Å². The Hall–Kier alpha value is -3.21. The van der Waals surface area contributed by atoms with E-state index < -0.39 is 0 Å². The first-order valence-corrected chi connectivity index (χ1v) is 9.58. The van der Waals surface area contributed by atoms with Crippen LogP contribution in [-0.4, -0.2) is 12.5 Å². The highest BCUT2D eigenvalue weighted by atomic mass is 16.5. The van der Waals surface area contributed by atoms with Gasteiger partial charge in [0.15, 0.2) is 0 Å². The molecular weight excluding hydrogens is 352 g/mol. The Bertz CT molecular complexity index is 824. The standard InChI is InChI=1S/C23H26N2O3/c1-2-27-21-12-14-22(15-13-21)28-17-19-8-10-20(11-9-19)23(26)25-24-16-18-6-4-3-5-7-18/h3-4,8-16,24H,2,5-7,17H2,1H3,(H,25,26)/b18-16+. The fourth-order valence-corrected chi connectivity index (χ4v) is 2.85. The van der Waals surface area contributed by atoms with Crippen LogP contribution in [-0.2, 0) is 6.61 Å². The molecule has 0 fully saturated rings. The van der Waals surface area contributed by atoms with Crippen LogP contribution in [0.3, 0.4) is 0 Å². The number of ether oxygens (including phenoxy) is 2. The summed E-state index contributed by atoms with van der Waals surface area (Å²) in [6.07, 6.45) is 9.22. The van der Waals surface area contributed by atoms with Crippen molar-refractivity contribution in [2.24, 2.45) is 0 Å². The molecular formula is C23H26N2O3. The molecule has 3 rings (SSSR count). The summed E-state index contributed by atoms with van der Waals surface area (Å²) in [5.41, 5.74) is 8.48. The zero-order chi connectivity index (χ0) is 19.6. The van der Waals surface area contributed by atoms with E-state index in [0.717, 1.165) is 36.3 Å². The first-order chi connectivity index (χ1) is 13.7. The van der Waals surface area contributed by atoms with Gasteiger partial charge in [-0.25, -0.2) is 0 Å². The SMILES string of the molecule is CCOc1ccc(OCc2ccc(C(=O)NN/C=C3\CC=CCC3)cc2)cc1. The lowest BCUT2D eigenvalue weighted by atomic mass is 10.0. The summed E-state index contributed by atoms with van der Waals surface area (Å²) in [5.74, 6) is 1.44. The Morgan fingerprint density at radius 2 is 1.71 bits per heavy atom. The molecule has 0 aromatic heterocycles. The van der Waals surface area contributed by atoms with Crippen LogP contribution in [0.4, 0.5) is 0 Å². The van der Waals surface area contributed by atoms with Gasteiger partial charge in [0.2, 0.25) is 0 Å². The van der Waals surface area contributed by atoms with Crippen molar-refractivity contribution in [3.05, 3.63) is 83.6 Å². The van der Waals surface area contributed by atoms with E-state index in [4.69, 9.17) is 9.47 Å². The van der Waals surface area contributed by atoms with Crippen LogP contribution >= 0.6 is 0 Å².